The van der Waals surface area contributed by atoms with Gasteiger partial charge in [-0.15, -0.1) is 0 Å². The Morgan fingerprint density at radius 3 is 2.44 bits per heavy atom. The molecule has 25 heavy (non-hydrogen) atoms. The first-order valence-corrected chi connectivity index (χ1v) is 7.50. The number of alkyl halides is 3. The first kappa shape index (κ1) is 20.5. The van der Waals surface area contributed by atoms with Gasteiger partial charge in [0.1, 0.15) is 17.4 Å². The monoisotopic (exact) mass is 357 g/mol. The molecule has 0 aromatic carbocycles. The van der Waals surface area contributed by atoms with Crippen molar-refractivity contribution in [3.8, 4) is 6.07 Å². The SMILES string of the molecule is C=NC(=NC1C=NN(C(C)(C)C#N)C1C)N/C(NC)=C(\C)C(F)(F)F. The summed E-state index contributed by atoms with van der Waals surface area (Å²) in [7, 11) is 1.36. The van der Waals surface area contributed by atoms with Crippen molar-refractivity contribution in [1.82, 2.24) is 15.6 Å². The molecule has 0 saturated heterocycles. The van der Waals surface area contributed by atoms with E-state index in [1.165, 1.54) is 13.3 Å². The van der Waals surface area contributed by atoms with E-state index in [9.17, 15) is 18.4 Å². The summed E-state index contributed by atoms with van der Waals surface area (Å²) in [5, 5.41) is 19.9. The number of hydrogen-bond acceptors (Lipinski definition) is 5. The Hall–Kier alpha value is -2.57. The molecule has 0 aliphatic carbocycles. The van der Waals surface area contributed by atoms with Crippen molar-refractivity contribution in [2.24, 2.45) is 15.1 Å². The van der Waals surface area contributed by atoms with E-state index >= 15 is 0 Å². The van der Waals surface area contributed by atoms with Gasteiger partial charge in [-0.05, 0) is 34.4 Å². The number of halogens is 3. The summed E-state index contributed by atoms with van der Waals surface area (Å²) < 4.78 is 38.5. The molecule has 2 unspecified atom stereocenters. The summed E-state index contributed by atoms with van der Waals surface area (Å²) in [6.45, 7) is 9.52. The highest BCUT2D eigenvalue weighted by Crippen LogP contribution is 2.26. The number of aliphatic imine (C=N–C) groups is 2. The maximum Gasteiger partial charge on any atom is 0.415 e. The lowest BCUT2D eigenvalue weighted by Crippen LogP contribution is -2.45. The number of allylic oxidation sites excluding steroid dienone is 1. The van der Waals surface area contributed by atoms with Crippen molar-refractivity contribution in [2.45, 2.75) is 51.5 Å². The van der Waals surface area contributed by atoms with Crippen LogP contribution in [0.2, 0.25) is 0 Å². The van der Waals surface area contributed by atoms with Crippen LogP contribution >= 0.6 is 0 Å². The molecule has 0 aromatic heterocycles. The van der Waals surface area contributed by atoms with Crippen molar-refractivity contribution >= 4 is 18.9 Å². The molecule has 1 aliphatic heterocycles. The Morgan fingerprint density at radius 1 is 1.40 bits per heavy atom. The van der Waals surface area contributed by atoms with Crippen LogP contribution in [0.1, 0.15) is 27.7 Å². The number of hydrazone groups is 1. The van der Waals surface area contributed by atoms with Crippen LogP contribution in [0.3, 0.4) is 0 Å². The van der Waals surface area contributed by atoms with Crippen molar-refractivity contribution in [2.75, 3.05) is 7.05 Å². The molecule has 2 atom stereocenters. The zero-order chi connectivity index (χ0) is 19.4. The highest BCUT2D eigenvalue weighted by atomic mass is 19.4. The minimum Gasteiger partial charge on any atom is -0.374 e. The van der Waals surface area contributed by atoms with Crippen LogP contribution in [0, 0.1) is 11.3 Å². The molecule has 138 valence electrons. The number of nitrogens with zero attached hydrogens (tertiary/aromatic N) is 5. The van der Waals surface area contributed by atoms with Gasteiger partial charge in [-0.2, -0.15) is 23.5 Å². The quantitative estimate of drug-likeness (QED) is 0.595. The summed E-state index contributed by atoms with van der Waals surface area (Å²) in [5.74, 6) is -0.344. The third-order valence-electron chi connectivity index (χ3n) is 3.78. The minimum atomic E-state index is -4.49. The summed E-state index contributed by atoms with van der Waals surface area (Å²) in [6.07, 6.45) is -2.97. The molecule has 0 radical (unpaired) electrons. The average Bonchev–Trinajstić information content (AvgIpc) is 2.91. The molecule has 0 aromatic rings. The lowest BCUT2D eigenvalue weighted by atomic mass is 10.0. The van der Waals surface area contributed by atoms with Gasteiger partial charge in [0.25, 0.3) is 0 Å². The Bertz CT molecular complexity index is 640. The second kappa shape index (κ2) is 7.55. The molecule has 7 nitrogen and oxygen atoms in total. The van der Waals surface area contributed by atoms with Crippen molar-refractivity contribution < 1.29 is 13.2 Å². The smallest absolute Gasteiger partial charge is 0.374 e. The van der Waals surface area contributed by atoms with E-state index in [1.807, 2.05) is 6.92 Å². The van der Waals surface area contributed by atoms with Crippen LogP contribution in [-0.2, 0) is 0 Å². The normalized spacial score (nSPS) is 22.4. The Kier molecular flexibility index (Phi) is 6.18. The average molecular weight is 357 g/mol. The van der Waals surface area contributed by atoms with Crippen molar-refractivity contribution in [1.29, 1.82) is 5.26 Å². The predicted molar refractivity (Wildman–Crippen MR) is 91.2 cm³/mol. The second-order valence-electron chi connectivity index (χ2n) is 5.99. The Morgan fingerprint density at radius 2 is 2.00 bits per heavy atom. The van der Waals surface area contributed by atoms with Gasteiger partial charge >= 0.3 is 6.18 Å². The van der Waals surface area contributed by atoms with Gasteiger partial charge in [0.05, 0.1) is 23.9 Å². The molecular weight excluding hydrogens is 335 g/mol. The van der Waals surface area contributed by atoms with Gasteiger partial charge in [-0.25, -0.2) is 9.98 Å². The van der Waals surface area contributed by atoms with E-state index in [4.69, 9.17) is 0 Å². The molecule has 2 N–H and O–H groups in total. The standard InChI is InChI=1S/C15H22F3N7/c1-9(15(16,17)18)12(20-5)24-13(21-6)23-11-7-22-25(10(11)2)14(3,4)8-19/h7,10-11,20H,6H2,1-5H3,(H,23,24)/b12-9+. The number of hydrogen-bond donors (Lipinski definition) is 2. The topological polar surface area (TPSA) is 88.2 Å². The zero-order valence-electron chi connectivity index (χ0n) is 14.8. The third-order valence-corrected chi connectivity index (χ3v) is 3.78. The van der Waals surface area contributed by atoms with Gasteiger partial charge in [-0.3, -0.25) is 5.01 Å². The first-order valence-electron chi connectivity index (χ1n) is 7.50. The predicted octanol–water partition coefficient (Wildman–Crippen LogP) is 2.01. The van der Waals surface area contributed by atoms with Gasteiger partial charge in [0.2, 0.25) is 5.96 Å². The van der Waals surface area contributed by atoms with Crippen LogP contribution in [0.5, 0.6) is 0 Å². The van der Waals surface area contributed by atoms with Crippen LogP contribution in [0.25, 0.3) is 0 Å². The minimum absolute atomic E-state index is 0.0761. The van der Waals surface area contributed by atoms with Gasteiger partial charge in [0.15, 0.2) is 0 Å². The van der Waals surface area contributed by atoms with Gasteiger partial charge in [-0.1, -0.05) is 0 Å². The summed E-state index contributed by atoms with van der Waals surface area (Å²) >= 11 is 0. The highest BCUT2D eigenvalue weighted by Gasteiger charge is 2.37. The maximum atomic E-state index is 12.8. The fourth-order valence-electron chi connectivity index (χ4n) is 2.21. The molecule has 1 heterocycles. The number of rotatable bonds is 4. The zero-order valence-corrected chi connectivity index (χ0v) is 14.8. The van der Waals surface area contributed by atoms with E-state index in [-0.39, 0.29) is 17.8 Å². The second-order valence-corrected chi connectivity index (χ2v) is 5.99. The molecule has 10 heteroatoms. The fourth-order valence-corrected chi connectivity index (χ4v) is 2.21. The molecule has 1 rings (SSSR count). The van der Waals surface area contributed by atoms with Gasteiger partial charge in [0, 0.05) is 7.05 Å². The lowest BCUT2D eigenvalue weighted by molar-refractivity contribution is -0.0926. The van der Waals surface area contributed by atoms with E-state index in [0.29, 0.717) is 0 Å². The van der Waals surface area contributed by atoms with Crippen molar-refractivity contribution in [3.63, 3.8) is 0 Å². The first-order chi connectivity index (χ1) is 11.5. The number of guanidine groups is 1. The van der Waals surface area contributed by atoms with E-state index in [1.54, 1.807) is 18.9 Å². The molecule has 0 spiro atoms. The largest absolute Gasteiger partial charge is 0.415 e. The molecular formula is C15H22F3N7. The molecule has 0 bridgehead atoms. The number of nitriles is 1. The molecule has 0 fully saturated rings. The van der Waals surface area contributed by atoms with E-state index in [2.05, 4.69) is 38.5 Å². The fraction of sp³-hybridized carbons (Fsp3) is 0.600. The third kappa shape index (κ3) is 4.71. The van der Waals surface area contributed by atoms with Crippen molar-refractivity contribution in [3.05, 3.63) is 11.4 Å². The summed E-state index contributed by atoms with van der Waals surface area (Å²) in [6, 6.07) is 1.40. The van der Waals surface area contributed by atoms with E-state index in [0.717, 1.165) is 6.92 Å². The maximum absolute atomic E-state index is 12.8. The molecule has 0 saturated carbocycles. The number of nitrogens with one attached hydrogen (secondary N) is 2. The Labute approximate surface area is 145 Å². The van der Waals surface area contributed by atoms with Crippen LogP contribution < -0.4 is 10.6 Å². The summed E-state index contributed by atoms with van der Waals surface area (Å²) in [4.78, 5) is 7.91. The molecule has 0 amide bonds. The highest BCUT2D eigenvalue weighted by molar-refractivity contribution is 5.87. The Balaban J connectivity index is 3.04. The van der Waals surface area contributed by atoms with Crippen LogP contribution in [-0.4, -0.2) is 54.7 Å². The summed E-state index contributed by atoms with van der Waals surface area (Å²) in [5.41, 5.74) is -1.68. The van der Waals surface area contributed by atoms with Crippen LogP contribution in [0.15, 0.2) is 26.5 Å². The molecule has 1 aliphatic rings. The lowest BCUT2D eigenvalue weighted by Gasteiger charge is -2.32. The van der Waals surface area contributed by atoms with Crippen LogP contribution in [0.4, 0.5) is 13.2 Å². The van der Waals surface area contributed by atoms with Gasteiger partial charge < -0.3 is 10.6 Å². The van der Waals surface area contributed by atoms with E-state index < -0.39 is 23.3 Å².